The number of nitrogens with zero attached hydrogens (tertiary/aromatic N) is 1. The van der Waals surface area contributed by atoms with Gasteiger partial charge >= 0.3 is 0 Å². The third kappa shape index (κ3) is 2.64. The second kappa shape index (κ2) is 5.06. The van der Waals surface area contributed by atoms with Gasteiger partial charge in [0.05, 0.1) is 11.5 Å². The summed E-state index contributed by atoms with van der Waals surface area (Å²) >= 11 is 3.20. The predicted molar refractivity (Wildman–Crippen MR) is 78.4 cm³/mol. The molecule has 1 aliphatic heterocycles. The van der Waals surface area contributed by atoms with Crippen molar-refractivity contribution in [2.45, 2.75) is 11.3 Å². The summed E-state index contributed by atoms with van der Waals surface area (Å²) in [6.07, 6.45) is 0.730. The van der Waals surface area contributed by atoms with Crippen molar-refractivity contribution in [2.75, 3.05) is 11.3 Å². The van der Waals surface area contributed by atoms with Gasteiger partial charge in [-0.15, -0.1) is 0 Å². The van der Waals surface area contributed by atoms with Gasteiger partial charge in [0.25, 0.3) is 10.0 Å². The minimum absolute atomic E-state index is 0.212. The maximum absolute atomic E-state index is 12.3. The average molecular weight is 355 g/mol. The van der Waals surface area contributed by atoms with Crippen LogP contribution < -0.4 is 9.46 Å². The Kier molecular flexibility index (Phi) is 3.39. The molecule has 7 heteroatoms. The van der Waals surface area contributed by atoms with E-state index in [9.17, 15) is 8.42 Å². The monoisotopic (exact) mass is 354 g/mol. The molecule has 0 fully saturated rings. The summed E-state index contributed by atoms with van der Waals surface area (Å²) in [5.74, 6) is 1.03. The molecule has 1 aromatic heterocycles. The van der Waals surface area contributed by atoms with Gasteiger partial charge in [0.2, 0.25) is 0 Å². The number of ether oxygens (including phenoxy) is 1. The summed E-state index contributed by atoms with van der Waals surface area (Å²) in [5.41, 5.74) is 0.912. The zero-order valence-electron chi connectivity index (χ0n) is 10.3. The maximum Gasteiger partial charge on any atom is 0.263 e. The van der Waals surface area contributed by atoms with Crippen LogP contribution in [0.25, 0.3) is 0 Å². The molecule has 0 saturated heterocycles. The normalized spacial score (nSPS) is 13.7. The van der Waals surface area contributed by atoms with Crippen molar-refractivity contribution >= 4 is 31.8 Å². The lowest BCUT2D eigenvalue weighted by Crippen LogP contribution is -2.14. The number of anilines is 1. The third-order valence-electron chi connectivity index (χ3n) is 2.93. The van der Waals surface area contributed by atoms with Crippen LogP contribution >= 0.6 is 15.9 Å². The lowest BCUT2D eigenvalue weighted by atomic mass is 10.2. The zero-order valence-corrected chi connectivity index (χ0v) is 12.7. The van der Waals surface area contributed by atoms with E-state index in [0.717, 1.165) is 17.7 Å². The first-order valence-corrected chi connectivity index (χ1v) is 8.23. The van der Waals surface area contributed by atoms with Crippen molar-refractivity contribution in [1.82, 2.24) is 4.98 Å². The number of aromatic nitrogens is 1. The molecule has 0 saturated carbocycles. The minimum atomic E-state index is -3.64. The molecule has 20 heavy (non-hydrogen) atoms. The molecule has 2 aromatic rings. The molecule has 1 aliphatic rings. The second-order valence-corrected chi connectivity index (χ2v) is 6.81. The second-order valence-electron chi connectivity index (χ2n) is 4.32. The molecule has 1 N–H and O–H groups in total. The maximum atomic E-state index is 12.3. The van der Waals surface area contributed by atoms with Crippen LogP contribution in [0.2, 0.25) is 0 Å². The van der Waals surface area contributed by atoms with E-state index in [4.69, 9.17) is 4.74 Å². The van der Waals surface area contributed by atoms with Crippen molar-refractivity contribution in [3.63, 3.8) is 0 Å². The summed E-state index contributed by atoms with van der Waals surface area (Å²) < 4.78 is 33.0. The topological polar surface area (TPSA) is 68.3 Å². The first kappa shape index (κ1) is 13.4. The van der Waals surface area contributed by atoms with Crippen LogP contribution in [0.5, 0.6) is 5.75 Å². The van der Waals surface area contributed by atoms with Crippen LogP contribution in [-0.4, -0.2) is 20.0 Å². The molecular formula is C13H11BrN2O3S. The molecule has 0 atom stereocenters. The molecule has 0 bridgehead atoms. The molecule has 104 valence electrons. The first-order chi connectivity index (χ1) is 9.54. The van der Waals surface area contributed by atoms with E-state index >= 15 is 0 Å². The summed E-state index contributed by atoms with van der Waals surface area (Å²) in [6.45, 7) is 0.597. The largest absolute Gasteiger partial charge is 0.493 e. The van der Waals surface area contributed by atoms with Crippen LogP contribution in [-0.2, 0) is 16.4 Å². The Morgan fingerprint density at radius 1 is 1.25 bits per heavy atom. The van der Waals surface area contributed by atoms with E-state index in [1.54, 1.807) is 30.3 Å². The quantitative estimate of drug-likeness (QED) is 0.860. The summed E-state index contributed by atoms with van der Waals surface area (Å²) in [5, 5.41) is 0. The molecule has 0 unspecified atom stereocenters. The number of rotatable bonds is 3. The molecule has 3 rings (SSSR count). The highest BCUT2D eigenvalue weighted by atomic mass is 79.9. The smallest absolute Gasteiger partial charge is 0.263 e. The van der Waals surface area contributed by atoms with Crippen molar-refractivity contribution < 1.29 is 13.2 Å². The Morgan fingerprint density at radius 2 is 2.10 bits per heavy atom. The third-order valence-corrected chi connectivity index (χ3v) is 4.72. The van der Waals surface area contributed by atoms with E-state index in [0.29, 0.717) is 11.2 Å². The highest BCUT2D eigenvalue weighted by molar-refractivity contribution is 9.10. The Hall–Kier alpha value is -1.60. The molecule has 0 spiro atoms. The van der Waals surface area contributed by atoms with Gasteiger partial charge in [-0.3, -0.25) is 4.72 Å². The molecule has 2 heterocycles. The van der Waals surface area contributed by atoms with Crippen LogP contribution in [0.1, 0.15) is 5.56 Å². The van der Waals surface area contributed by atoms with Gasteiger partial charge in [-0.2, -0.15) is 0 Å². The zero-order chi connectivity index (χ0) is 14.2. The number of fused-ring (bicyclic) bond motifs is 1. The highest BCUT2D eigenvalue weighted by Crippen LogP contribution is 2.28. The number of halogens is 1. The van der Waals surface area contributed by atoms with Gasteiger partial charge in [-0.1, -0.05) is 6.07 Å². The number of nitrogens with one attached hydrogen (secondary N) is 1. The van der Waals surface area contributed by atoms with E-state index in [1.807, 2.05) is 0 Å². The van der Waals surface area contributed by atoms with Gasteiger partial charge in [-0.05, 0) is 51.8 Å². The van der Waals surface area contributed by atoms with Gasteiger partial charge in [-0.25, -0.2) is 13.4 Å². The molecule has 5 nitrogen and oxygen atoms in total. The van der Waals surface area contributed by atoms with Crippen LogP contribution in [0.4, 0.5) is 5.82 Å². The van der Waals surface area contributed by atoms with E-state index in [-0.39, 0.29) is 10.7 Å². The van der Waals surface area contributed by atoms with Crippen LogP contribution in [0.3, 0.4) is 0 Å². The number of hydrogen-bond acceptors (Lipinski definition) is 4. The fourth-order valence-corrected chi connectivity index (χ4v) is 3.39. The molecule has 1 aromatic carbocycles. The van der Waals surface area contributed by atoms with Gasteiger partial charge in [0.1, 0.15) is 16.2 Å². The summed E-state index contributed by atoms with van der Waals surface area (Å²) in [7, 11) is -3.64. The fraction of sp³-hybridized carbons (Fsp3) is 0.154. The SMILES string of the molecule is O=S(=O)(Nc1cccc(Br)n1)c1ccc2c(c1)CCO2. The minimum Gasteiger partial charge on any atom is -0.493 e. The van der Waals surface area contributed by atoms with E-state index in [1.165, 1.54) is 6.07 Å². The Labute approximate surface area is 125 Å². The van der Waals surface area contributed by atoms with Crippen molar-refractivity contribution in [1.29, 1.82) is 0 Å². The van der Waals surface area contributed by atoms with Crippen LogP contribution in [0.15, 0.2) is 45.9 Å². The molecule has 0 aliphatic carbocycles. The average Bonchev–Trinajstić information content (AvgIpc) is 2.85. The number of benzene rings is 1. The Morgan fingerprint density at radius 3 is 2.90 bits per heavy atom. The van der Waals surface area contributed by atoms with Gasteiger partial charge in [0.15, 0.2) is 0 Å². The first-order valence-electron chi connectivity index (χ1n) is 5.96. The lowest BCUT2D eigenvalue weighted by molar-refractivity contribution is 0.356. The summed E-state index contributed by atoms with van der Waals surface area (Å²) in [4.78, 5) is 4.27. The Balaban J connectivity index is 1.92. The summed E-state index contributed by atoms with van der Waals surface area (Å²) in [6, 6.07) is 9.90. The van der Waals surface area contributed by atoms with Crippen LogP contribution in [0, 0.1) is 0 Å². The standard InChI is InChI=1S/C13H11BrN2O3S/c14-12-2-1-3-13(15-12)16-20(17,18)10-4-5-11-9(8-10)6-7-19-11/h1-5,8H,6-7H2,(H,15,16). The lowest BCUT2D eigenvalue weighted by Gasteiger charge is -2.08. The van der Waals surface area contributed by atoms with Gasteiger partial charge in [0, 0.05) is 6.42 Å². The van der Waals surface area contributed by atoms with E-state index in [2.05, 4.69) is 25.6 Å². The number of sulfonamides is 1. The van der Waals surface area contributed by atoms with Crippen molar-refractivity contribution in [3.8, 4) is 5.75 Å². The molecule has 0 amide bonds. The highest BCUT2D eigenvalue weighted by Gasteiger charge is 2.19. The van der Waals surface area contributed by atoms with Crippen molar-refractivity contribution in [2.24, 2.45) is 0 Å². The molecular weight excluding hydrogens is 344 g/mol. The number of pyridine rings is 1. The Bertz CT molecular complexity index is 762. The van der Waals surface area contributed by atoms with E-state index < -0.39 is 10.0 Å². The fourth-order valence-electron chi connectivity index (χ4n) is 1.99. The number of hydrogen-bond donors (Lipinski definition) is 1. The van der Waals surface area contributed by atoms with Gasteiger partial charge < -0.3 is 4.74 Å². The van der Waals surface area contributed by atoms with Crippen molar-refractivity contribution in [3.05, 3.63) is 46.6 Å². The molecule has 0 radical (unpaired) electrons. The predicted octanol–water partition coefficient (Wildman–Crippen LogP) is 2.58.